The molecule has 5 nitrogen and oxygen atoms in total. The van der Waals surface area contributed by atoms with Crippen LogP contribution in [0, 0.1) is 0 Å². The third kappa shape index (κ3) is 3.51. The lowest BCUT2D eigenvalue weighted by atomic mass is 10.1. The van der Waals surface area contributed by atoms with Gasteiger partial charge in [-0.2, -0.15) is 0 Å². The number of imidazole rings is 1. The first kappa shape index (κ1) is 17.6. The lowest BCUT2D eigenvalue weighted by Gasteiger charge is -2.27. The van der Waals surface area contributed by atoms with Crippen LogP contribution in [0.1, 0.15) is 27.4 Å². The normalized spacial score (nSPS) is 13.4. The molecule has 2 aromatic carbocycles. The zero-order valence-electron chi connectivity index (χ0n) is 16.2. The highest BCUT2D eigenvalue weighted by Gasteiger charge is 2.25. The van der Waals surface area contributed by atoms with E-state index in [-0.39, 0.29) is 5.91 Å². The van der Waals surface area contributed by atoms with Crippen LogP contribution in [-0.2, 0) is 25.9 Å². The number of aromatic nitrogens is 3. The number of carbonyl (C=O) groups excluding carboxylic acids is 1. The van der Waals surface area contributed by atoms with Crippen molar-refractivity contribution >= 4 is 16.8 Å². The summed E-state index contributed by atoms with van der Waals surface area (Å²) in [5.41, 5.74) is 4.91. The van der Waals surface area contributed by atoms with Crippen LogP contribution < -0.4 is 0 Å². The van der Waals surface area contributed by atoms with E-state index >= 15 is 0 Å². The Morgan fingerprint density at radius 1 is 0.966 bits per heavy atom. The molecule has 5 rings (SSSR count). The molecule has 0 aliphatic carbocycles. The Labute approximate surface area is 169 Å². The molecule has 3 heterocycles. The lowest BCUT2D eigenvalue weighted by molar-refractivity contribution is 0.0725. The molecule has 1 aliphatic rings. The van der Waals surface area contributed by atoms with Crippen LogP contribution >= 0.6 is 0 Å². The third-order valence-electron chi connectivity index (χ3n) is 5.58. The van der Waals surface area contributed by atoms with Crippen LogP contribution in [0.4, 0.5) is 0 Å². The second-order valence-corrected chi connectivity index (χ2v) is 7.43. The van der Waals surface area contributed by atoms with E-state index in [4.69, 9.17) is 0 Å². The largest absolute Gasteiger partial charge is 0.334 e. The lowest BCUT2D eigenvalue weighted by Crippen LogP contribution is -2.37. The van der Waals surface area contributed by atoms with Crippen LogP contribution in [-0.4, -0.2) is 31.9 Å². The predicted molar refractivity (Wildman–Crippen MR) is 113 cm³/mol. The van der Waals surface area contributed by atoms with Crippen molar-refractivity contribution in [2.24, 2.45) is 0 Å². The van der Waals surface area contributed by atoms with Gasteiger partial charge in [-0.3, -0.25) is 4.79 Å². The van der Waals surface area contributed by atoms with Crippen molar-refractivity contribution in [1.82, 2.24) is 19.4 Å². The van der Waals surface area contributed by atoms with E-state index in [1.54, 1.807) is 0 Å². The number of benzene rings is 2. The highest BCUT2D eigenvalue weighted by molar-refractivity contribution is 5.95. The molecule has 29 heavy (non-hydrogen) atoms. The molecule has 0 saturated carbocycles. The van der Waals surface area contributed by atoms with Crippen molar-refractivity contribution in [3.8, 4) is 0 Å². The van der Waals surface area contributed by atoms with E-state index in [0.29, 0.717) is 18.8 Å². The molecule has 144 valence electrons. The topological polar surface area (TPSA) is 51.0 Å². The van der Waals surface area contributed by atoms with E-state index in [2.05, 4.69) is 38.8 Å². The summed E-state index contributed by atoms with van der Waals surface area (Å²) >= 11 is 0. The maximum atomic E-state index is 13.0. The van der Waals surface area contributed by atoms with Gasteiger partial charge in [0.05, 0.1) is 24.1 Å². The van der Waals surface area contributed by atoms with Crippen molar-refractivity contribution in [1.29, 1.82) is 0 Å². The number of hydrogen-bond acceptors (Lipinski definition) is 3. The summed E-state index contributed by atoms with van der Waals surface area (Å²) in [7, 11) is 0. The van der Waals surface area contributed by atoms with E-state index < -0.39 is 0 Å². The molecule has 0 bridgehead atoms. The predicted octanol–water partition coefficient (Wildman–Crippen LogP) is 3.87. The number of para-hydroxylation sites is 1. The van der Waals surface area contributed by atoms with E-state index in [1.807, 2.05) is 53.7 Å². The molecule has 0 radical (unpaired) electrons. The average Bonchev–Trinajstić information content (AvgIpc) is 3.20. The van der Waals surface area contributed by atoms with Gasteiger partial charge in [0.25, 0.3) is 5.91 Å². The summed E-state index contributed by atoms with van der Waals surface area (Å²) in [6.45, 7) is 2.14. The Hall–Kier alpha value is -3.47. The number of nitrogens with zero attached hydrogens (tertiary/aromatic N) is 4. The first-order valence-corrected chi connectivity index (χ1v) is 10.00. The van der Waals surface area contributed by atoms with Gasteiger partial charge in [-0.15, -0.1) is 0 Å². The fourth-order valence-corrected chi connectivity index (χ4v) is 3.98. The summed E-state index contributed by atoms with van der Waals surface area (Å²) in [5, 5.41) is 1.04. The summed E-state index contributed by atoms with van der Waals surface area (Å²) in [4.78, 5) is 24.0. The Kier molecular flexibility index (Phi) is 4.56. The molecular formula is C24H22N4O. The van der Waals surface area contributed by atoms with Gasteiger partial charge >= 0.3 is 0 Å². The van der Waals surface area contributed by atoms with Crippen molar-refractivity contribution < 1.29 is 4.79 Å². The maximum absolute atomic E-state index is 13.0. The quantitative estimate of drug-likeness (QED) is 0.538. The minimum atomic E-state index is -0.0276. The Balaban J connectivity index is 1.30. The van der Waals surface area contributed by atoms with Crippen LogP contribution in [0.5, 0.6) is 0 Å². The fraction of sp³-hybridized carbons (Fsp3) is 0.208. The second-order valence-electron chi connectivity index (χ2n) is 7.43. The highest BCUT2D eigenvalue weighted by Crippen LogP contribution is 2.21. The van der Waals surface area contributed by atoms with Crippen LogP contribution in [0.15, 0.2) is 73.1 Å². The first-order chi connectivity index (χ1) is 14.3. The van der Waals surface area contributed by atoms with Gasteiger partial charge in [-0.25, -0.2) is 9.97 Å². The molecule has 0 atom stereocenters. The summed E-state index contributed by atoms with van der Waals surface area (Å²) < 4.78 is 2.23. The molecule has 1 amide bonds. The van der Waals surface area contributed by atoms with Crippen LogP contribution in [0.25, 0.3) is 10.9 Å². The number of amides is 1. The Bertz CT molecular complexity index is 1170. The van der Waals surface area contributed by atoms with Gasteiger partial charge in [-0.1, -0.05) is 54.6 Å². The van der Waals surface area contributed by atoms with Crippen LogP contribution in [0.3, 0.4) is 0 Å². The van der Waals surface area contributed by atoms with Crippen molar-refractivity contribution in [2.45, 2.75) is 25.9 Å². The zero-order chi connectivity index (χ0) is 19.6. The van der Waals surface area contributed by atoms with Gasteiger partial charge in [0.2, 0.25) is 0 Å². The SMILES string of the molecule is O=C(c1ccc2ccccc2n1)N1CCc2c(ncn2CCc2ccccc2)C1. The standard InChI is InChI=1S/C24H22N4O/c29-24(21-11-10-19-8-4-5-9-20(19)26-21)27-15-13-23-22(16-27)25-17-28(23)14-12-18-6-2-1-3-7-18/h1-11,17H,12-16H2. The first-order valence-electron chi connectivity index (χ1n) is 10.00. The minimum absolute atomic E-state index is 0.0276. The highest BCUT2D eigenvalue weighted by atomic mass is 16.2. The molecule has 0 N–H and O–H groups in total. The number of rotatable bonds is 4. The number of fused-ring (bicyclic) bond motifs is 2. The van der Waals surface area contributed by atoms with Crippen LogP contribution in [0.2, 0.25) is 0 Å². The van der Waals surface area contributed by atoms with Crippen molar-refractivity contribution in [2.75, 3.05) is 6.54 Å². The molecule has 0 saturated heterocycles. The number of aryl methyl sites for hydroxylation is 2. The number of hydrogen-bond donors (Lipinski definition) is 0. The minimum Gasteiger partial charge on any atom is -0.334 e. The average molecular weight is 382 g/mol. The monoisotopic (exact) mass is 382 g/mol. The van der Waals surface area contributed by atoms with E-state index in [0.717, 1.165) is 36.0 Å². The van der Waals surface area contributed by atoms with Gasteiger partial charge in [0.15, 0.2) is 0 Å². The summed E-state index contributed by atoms with van der Waals surface area (Å²) in [6.07, 6.45) is 3.71. The van der Waals surface area contributed by atoms with Gasteiger partial charge in [0, 0.05) is 30.6 Å². The summed E-state index contributed by atoms with van der Waals surface area (Å²) in [6, 6.07) is 22.1. The number of pyridine rings is 1. The smallest absolute Gasteiger partial charge is 0.272 e. The maximum Gasteiger partial charge on any atom is 0.272 e. The Morgan fingerprint density at radius 2 is 1.79 bits per heavy atom. The molecule has 0 fully saturated rings. The van der Waals surface area contributed by atoms with Crippen molar-refractivity contribution in [3.63, 3.8) is 0 Å². The summed E-state index contributed by atoms with van der Waals surface area (Å²) in [5.74, 6) is -0.0276. The van der Waals surface area contributed by atoms with Gasteiger partial charge in [0.1, 0.15) is 5.69 Å². The molecule has 4 aromatic rings. The zero-order valence-corrected chi connectivity index (χ0v) is 16.2. The molecule has 2 aromatic heterocycles. The molecule has 0 spiro atoms. The second kappa shape index (κ2) is 7.51. The van der Waals surface area contributed by atoms with E-state index in [9.17, 15) is 4.79 Å². The molecule has 1 aliphatic heterocycles. The third-order valence-corrected chi connectivity index (χ3v) is 5.58. The molecular weight excluding hydrogens is 360 g/mol. The van der Waals surface area contributed by atoms with Gasteiger partial charge in [-0.05, 0) is 24.1 Å². The molecule has 5 heteroatoms. The molecule has 0 unspecified atom stereocenters. The number of carbonyl (C=O) groups is 1. The fourth-order valence-electron chi connectivity index (χ4n) is 3.98. The Morgan fingerprint density at radius 3 is 2.69 bits per heavy atom. The van der Waals surface area contributed by atoms with E-state index in [1.165, 1.54) is 11.3 Å². The van der Waals surface area contributed by atoms with Gasteiger partial charge < -0.3 is 9.47 Å². The van der Waals surface area contributed by atoms with Crippen molar-refractivity contribution in [3.05, 3.63) is 95.7 Å².